The molecule has 2 rings (SSSR count). The van der Waals surface area contributed by atoms with Crippen molar-refractivity contribution < 1.29 is 9.18 Å². The molecular weight excluding hydrogens is 325 g/mol. The van der Waals surface area contributed by atoms with Crippen molar-refractivity contribution in [1.82, 2.24) is 10.2 Å². The van der Waals surface area contributed by atoms with Gasteiger partial charge in [0, 0.05) is 29.6 Å². The first-order chi connectivity index (χ1) is 9.44. The summed E-state index contributed by atoms with van der Waals surface area (Å²) in [7, 11) is 0. The van der Waals surface area contributed by atoms with Crippen molar-refractivity contribution in [2.75, 3.05) is 25.0 Å². The molecule has 1 fully saturated rings. The molecule has 0 radical (unpaired) electrons. The lowest BCUT2D eigenvalue weighted by Gasteiger charge is -2.35. The number of hydrogen-bond acceptors (Lipinski definition) is 3. The number of piperazine rings is 1. The van der Waals surface area contributed by atoms with E-state index in [0.29, 0.717) is 16.6 Å². The maximum atomic E-state index is 13.6. The fourth-order valence-electron chi connectivity index (χ4n) is 2.55. The average Bonchev–Trinajstić information content (AvgIpc) is 2.31. The molecule has 110 valence electrons. The van der Waals surface area contributed by atoms with Crippen LogP contribution in [0.1, 0.15) is 13.8 Å². The number of carbonyl (C=O) groups excluding carboxylic acids is 1. The van der Waals surface area contributed by atoms with Crippen molar-refractivity contribution in [3.8, 4) is 0 Å². The van der Waals surface area contributed by atoms with Gasteiger partial charge in [-0.25, -0.2) is 4.39 Å². The van der Waals surface area contributed by atoms with Crippen molar-refractivity contribution in [3.05, 3.63) is 28.5 Å². The van der Waals surface area contributed by atoms with Crippen LogP contribution >= 0.6 is 15.9 Å². The Labute approximate surface area is 126 Å². The Morgan fingerprint density at radius 1 is 1.45 bits per heavy atom. The zero-order valence-electron chi connectivity index (χ0n) is 11.6. The Hall–Kier alpha value is -0.980. The zero-order valence-corrected chi connectivity index (χ0v) is 13.2. The Bertz CT molecular complexity index is 487. The number of anilines is 1. The Morgan fingerprint density at radius 3 is 2.70 bits per heavy atom. The van der Waals surface area contributed by atoms with E-state index in [0.717, 1.165) is 13.1 Å². The maximum absolute atomic E-state index is 13.6. The van der Waals surface area contributed by atoms with E-state index < -0.39 is 5.82 Å². The lowest BCUT2D eigenvalue weighted by Crippen LogP contribution is -2.55. The SMILES string of the molecule is CC1CN(CC(=O)Nc2ccc(Br)cc2F)CC(C)N1. The van der Waals surface area contributed by atoms with Crippen LogP contribution in [0.15, 0.2) is 22.7 Å². The largest absolute Gasteiger partial charge is 0.322 e. The van der Waals surface area contributed by atoms with Gasteiger partial charge in [-0.1, -0.05) is 15.9 Å². The number of nitrogens with one attached hydrogen (secondary N) is 2. The molecule has 2 unspecified atom stereocenters. The van der Waals surface area contributed by atoms with E-state index >= 15 is 0 Å². The monoisotopic (exact) mass is 343 g/mol. The number of carbonyl (C=O) groups is 1. The highest BCUT2D eigenvalue weighted by Crippen LogP contribution is 2.19. The molecule has 0 aromatic heterocycles. The van der Waals surface area contributed by atoms with Crippen LogP contribution in [0.3, 0.4) is 0 Å². The van der Waals surface area contributed by atoms with Gasteiger partial charge in [-0.05, 0) is 32.0 Å². The highest BCUT2D eigenvalue weighted by atomic mass is 79.9. The van der Waals surface area contributed by atoms with Crippen LogP contribution < -0.4 is 10.6 Å². The van der Waals surface area contributed by atoms with Crippen LogP contribution in [0.4, 0.5) is 10.1 Å². The molecule has 0 aliphatic carbocycles. The van der Waals surface area contributed by atoms with E-state index in [1.807, 2.05) is 0 Å². The summed E-state index contributed by atoms with van der Waals surface area (Å²) in [4.78, 5) is 14.1. The first-order valence-corrected chi connectivity index (χ1v) is 7.46. The van der Waals surface area contributed by atoms with E-state index in [-0.39, 0.29) is 18.1 Å². The van der Waals surface area contributed by atoms with E-state index in [1.165, 1.54) is 6.07 Å². The van der Waals surface area contributed by atoms with Crippen LogP contribution in [0.2, 0.25) is 0 Å². The molecule has 1 aromatic carbocycles. The van der Waals surface area contributed by atoms with Crippen LogP contribution in [0, 0.1) is 5.82 Å². The quantitative estimate of drug-likeness (QED) is 0.884. The van der Waals surface area contributed by atoms with Crippen molar-refractivity contribution in [2.45, 2.75) is 25.9 Å². The second-order valence-corrected chi connectivity index (χ2v) is 6.25. The fourth-order valence-corrected chi connectivity index (χ4v) is 2.89. The number of benzene rings is 1. The average molecular weight is 344 g/mol. The molecule has 6 heteroatoms. The third kappa shape index (κ3) is 4.26. The number of rotatable bonds is 3. The lowest BCUT2D eigenvalue weighted by atomic mass is 10.1. The van der Waals surface area contributed by atoms with Crippen molar-refractivity contribution in [1.29, 1.82) is 0 Å². The second-order valence-electron chi connectivity index (χ2n) is 5.34. The van der Waals surface area contributed by atoms with Gasteiger partial charge in [-0.15, -0.1) is 0 Å². The van der Waals surface area contributed by atoms with E-state index in [9.17, 15) is 9.18 Å². The van der Waals surface area contributed by atoms with E-state index in [1.54, 1.807) is 12.1 Å². The molecule has 1 heterocycles. The number of amides is 1. The third-order valence-electron chi connectivity index (χ3n) is 3.21. The topological polar surface area (TPSA) is 44.4 Å². The fraction of sp³-hybridized carbons (Fsp3) is 0.500. The molecule has 20 heavy (non-hydrogen) atoms. The van der Waals surface area contributed by atoms with E-state index in [2.05, 4.69) is 45.3 Å². The highest BCUT2D eigenvalue weighted by Gasteiger charge is 2.22. The summed E-state index contributed by atoms with van der Waals surface area (Å²) in [6, 6.07) is 5.31. The zero-order chi connectivity index (χ0) is 14.7. The van der Waals surface area contributed by atoms with Gasteiger partial charge >= 0.3 is 0 Å². The smallest absolute Gasteiger partial charge is 0.238 e. The summed E-state index contributed by atoms with van der Waals surface area (Å²) >= 11 is 3.19. The first-order valence-electron chi connectivity index (χ1n) is 6.67. The molecule has 1 aromatic rings. The van der Waals surface area contributed by atoms with Crippen LogP contribution in [-0.4, -0.2) is 42.5 Å². The number of hydrogen-bond donors (Lipinski definition) is 2. The lowest BCUT2D eigenvalue weighted by molar-refractivity contribution is -0.117. The minimum atomic E-state index is -0.435. The molecule has 1 saturated heterocycles. The maximum Gasteiger partial charge on any atom is 0.238 e. The van der Waals surface area contributed by atoms with Crippen molar-refractivity contribution in [3.63, 3.8) is 0 Å². The van der Waals surface area contributed by atoms with Crippen LogP contribution in [-0.2, 0) is 4.79 Å². The second kappa shape index (κ2) is 6.65. The van der Waals surface area contributed by atoms with Gasteiger partial charge in [0.25, 0.3) is 0 Å². The molecule has 0 saturated carbocycles. The molecule has 0 bridgehead atoms. The molecule has 0 spiro atoms. The number of nitrogens with zero attached hydrogens (tertiary/aromatic N) is 1. The minimum Gasteiger partial charge on any atom is -0.322 e. The molecule has 4 nitrogen and oxygen atoms in total. The first kappa shape index (κ1) is 15.4. The summed E-state index contributed by atoms with van der Waals surface area (Å²) in [5, 5.41) is 6.03. The predicted molar refractivity (Wildman–Crippen MR) is 81.2 cm³/mol. The van der Waals surface area contributed by atoms with Crippen molar-refractivity contribution in [2.24, 2.45) is 0 Å². The van der Waals surface area contributed by atoms with Gasteiger partial charge in [-0.2, -0.15) is 0 Å². The third-order valence-corrected chi connectivity index (χ3v) is 3.70. The Kier molecular flexibility index (Phi) is 5.12. The minimum absolute atomic E-state index is 0.187. The molecule has 1 aliphatic rings. The van der Waals surface area contributed by atoms with Gasteiger partial charge < -0.3 is 10.6 Å². The standard InChI is InChI=1S/C14H19BrFN3O/c1-9-6-19(7-10(2)17-9)8-14(20)18-13-4-3-11(15)5-12(13)16/h3-5,9-10,17H,6-8H2,1-2H3,(H,18,20). The molecule has 1 aliphatic heterocycles. The van der Waals surface area contributed by atoms with Crippen molar-refractivity contribution >= 4 is 27.5 Å². The highest BCUT2D eigenvalue weighted by molar-refractivity contribution is 9.10. The van der Waals surface area contributed by atoms with Gasteiger partial charge in [0.1, 0.15) is 5.82 Å². The normalized spacial score (nSPS) is 23.6. The van der Waals surface area contributed by atoms with Gasteiger partial charge in [-0.3, -0.25) is 9.69 Å². The Balaban J connectivity index is 1.92. The van der Waals surface area contributed by atoms with E-state index in [4.69, 9.17) is 0 Å². The summed E-state index contributed by atoms with van der Waals surface area (Å²) in [5.74, 6) is -0.623. The molecule has 2 atom stereocenters. The van der Waals surface area contributed by atoms with Gasteiger partial charge in [0.2, 0.25) is 5.91 Å². The van der Waals surface area contributed by atoms with Gasteiger partial charge in [0.15, 0.2) is 0 Å². The summed E-state index contributed by atoms with van der Waals surface area (Å²) in [6.07, 6.45) is 0. The molecule has 2 N–H and O–H groups in total. The molecular formula is C14H19BrFN3O. The Morgan fingerprint density at radius 2 is 2.10 bits per heavy atom. The molecule has 1 amide bonds. The van der Waals surface area contributed by atoms with Crippen LogP contribution in [0.25, 0.3) is 0 Å². The van der Waals surface area contributed by atoms with Crippen LogP contribution in [0.5, 0.6) is 0 Å². The predicted octanol–water partition coefficient (Wildman–Crippen LogP) is 2.21. The summed E-state index contributed by atoms with van der Waals surface area (Å²) in [6.45, 7) is 6.11. The summed E-state index contributed by atoms with van der Waals surface area (Å²) < 4.78 is 14.3. The van der Waals surface area contributed by atoms with Gasteiger partial charge in [0.05, 0.1) is 12.2 Å². The summed E-state index contributed by atoms with van der Waals surface area (Å²) in [5.41, 5.74) is 0.217. The number of halogens is 2.